The Morgan fingerprint density at radius 2 is 1.84 bits per heavy atom. The fourth-order valence-corrected chi connectivity index (χ4v) is 2.51. The van der Waals surface area contributed by atoms with Gasteiger partial charge in [0, 0.05) is 16.5 Å². The average molecular weight is 299 g/mol. The first-order valence-electron chi connectivity index (χ1n) is 5.85. The van der Waals surface area contributed by atoms with Gasteiger partial charge in [0.25, 0.3) is 0 Å². The highest BCUT2D eigenvalue weighted by molar-refractivity contribution is 6.31. The molecule has 0 saturated heterocycles. The van der Waals surface area contributed by atoms with Crippen LogP contribution in [-0.4, -0.2) is 5.11 Å². The third-order valence-corrected chi connectivity index (χ3v) is 3.62. The molecular weight excluding hydrogens is 286 g/mol. The van der Waals surface area contributed by atoms with E-state index in [0.29, 0.717) is 17.0 Å². The topological polar surface area (TPSA) is 20.2 Å². The predicted octanol–water partition coefficient (Wildman–Crippen LogP) is 4.72. The molecule has 1 nitrogen and oxygen atoms in total. The number of halogens is 3. The molecule has 100 valence electrons. The molecule has 1 unspecified atom stereocenters. The van der Waals surface area contributed by atoms with E-state index in [4.69, 9.17) is 23.2 Å². The molecule has 2 aromatic carbocycles. The van der Waals surface area contributed by atoms with Gasteiger partial charge in [-0.05, 0) is 41.8 Å². The van der Waals surface area contributed by atoms with Crippen LogP contribution in [0.3, 0.4) is 0 Å². The van der Waals surface area contributed by atoms with E-state index in [0.717, 1.165) is 11.1 Å². The van der Waals surface area contributed by atoms with Gasteiger partial charge in [-0.3, -0.25) is 0 Å². The van der Waals surface area contributed by atoms with Gasteiger partial charge in [0.2, 0.25) is 0 Å². The summed E-state index contributed by atoms with van der Waals surface area (Å²) in [5, 5.41) is 11.0. The SMILES string of the molecule is Cc1ccc(CC(O)c2ccc(F)cc2Cl)c(Cl)c1. The minimum Gasteiger partial charge on any atom is -0.388 e. The zero-order valence-corrected chi connectivity index (χ0v) is 11.8. The monoisotopic (exact) mass is 298 g/mol. The van der Waals surface area contributed by atoms with Crippen molar-refractivity contribution >= 4 is 23.2 Å². The summed E-state index contributed by atoms with van der Waals surface area (Å²) in [6, 6.07) is 9.61. The maximum absolute atomic E-state index is 13.0. The lowest BCUT2D eigenvalue weighted by Gasteiger charge is -2.14. The van der Waals surface area contributed by atoms with Gasteiger partial charge in [-0.2, -0.15) is 0 Å². The molecular formula is C15H13Cl2FO. The Morgan fingerprint density at radius 3 is 2.47 bits per heavy atom. The molecule has 0 bridgehead atoms. The summed E-state index contributed by atoms with van der Waals surface area (Å²) >= 11 is 12.0. The van der Waals surface area contributed by atoms with Crippen LogP contribution < -0.4 is 0 Å². The summed E-state index contributed by atoms with van der Waals surface area (Å²) in [6.45, 7) is 1.95. The van der Waals surface area contributed by atoms with E-state index in [2.05, 4.69) is 0 Å². The Kier molecular flexibility index (Phi) is 4.46. The maximum atomic E-state index is 13.0. The molecule has 19 heavy (non-hydrogen) atoms. The van der Waals surface area contributed by atoms with Crippen molar-refractivity contribution in [3.63, 3.8) is 0 Å². The third kappa shape index (κ3) is 3.47. The minimum absolute atomic E-state index is 0.218. The fourth-order valence-electron chi connectivity index (χ4n) is 1.91. The molecule has 0 aliphatic carbocycles. The van der Waals surface area contributed by atoms with Crippen LogP contribution in [0.5, 0.6) is 0 Å². The van der Waals surface area contributed by atoms with E-state index >= 15 is 0 Å². The second-order valence-electron chi connectivity index (χ2n) is 4.48. The van der Waals surface area contributed by atoms with Crippen LogP contribution >= 0.6 is 23.2 Å². The summed E-state index contributed by atoms with van der Waals surface area (Å²) in [5.74, 6) is -0.422. The van der Waals surface area contributed by atoms with Gasteiger partial charge < -0.3 is 5.11 Å². The van der Waals surface area contributed by atoms with Crippen LogP contribution in [0.1, 0.15) is 22.8 Å². The third-order valence-electron chi connectivity index (χ3n) is 2.94. The van der Waals surface area contributed by atoms with Crippen molar-refractivity contribution in [1.82, 2.24) is 0 Å². The van der Waals surface area contributed by atoms with E-state index < -0.39 is 11.9 Å². The molecule has 0 amide bonds. The molecule has 0 saturated carbocycles. The van der Waals surface area contributed by atoms with E-state index in [9.17, 15) is 9.50 Å². The van der Waals surface area contributed by atoms with Crippen molar-refractivity contribution < 1.29 is 9.50 Å². The second-order valence-corrected chi connectivity index (χ2v) is 5.30. The number of hydrogen-bond acceptors (Lipinski definition) is 1. The lowest BCUT2D eigenvalue weighted by atomic mass is 10.0. The van der Waals surface area contributed by atoms with Crippen molar-refractivity contribution in [3.8, 4) is 0 Å². The van der Waals surface area contributed by atoms with E-state index in [1.807, 2.05) is 25.1 Å². The fraction of sp³-hybridized carbons (Fsp3) is 0.200. The minimum atomic E-state index is -0.812. The Labute approximate surface area is 121 Å². The molecule has 0 aromatic heterocycles. The number of aryl methyl sites for hydroxylation is 1. The van der Waals surface area contributed by atoms with E-state index in [1.165, 1.54) is 18.2 Å². The number of aliphatic hydroxyl groups excluding tert-OH is 1. The molecule has 0 radical (unpaired) electrons. The van der Waals surface area contributed by atoms with Crippen LogP contribution in [0.25, 0.3) is 0 Å². The van der Waals surface area contributed by atoms with Gasteiger partial charge in [0.1, 0.15) is 5.82 Å². The molecule has 2 aromatic rings. The zero-order valence-electron chi connectivity index (χ0n) is 10.3. The highest BCUT2D eigenvalue weighted by atomic mass is 35.5. The van der Waals surface area contributed by atoms with Crippen molar-refractivity contribution in [1.29, 1.82) is 0 Å². The van der Waals surface area contributed by atoms with Gasteiger partial charge in [-0.15, -0.1) is 0 Å². The number of rotatable bonds is 3. The van der Waals surface area contributed by atoms with Gasteiger partial charge in [-0.25, -0.2) is 4.39 Å². The van der Waals surface area contributed by atoms with Crippen molar-refractivity contribution in [2.45, 2.75) is 19.4 Å². The van der Waals surface area contributed by atoms with Gasteiger partial charge >= 0.3 is 0 Å². The Morgan fingerprint density at radius 1 is 1.11 bits per heavy atom. The lowest BCUT2D eigenvalue weighted by Crippen LogP contribution is -2.03. The van der Waals surface area contributed by atoms with E-state index in [-0.39, 0.29) is 5.02 Å². The zero-order chi connectivity index (χ0) is 14.0. The molecule has 1 atom stereocenters. The maximum Gasteiger partial charge on any atom is 0.124 e. The first-order valence-corrected chi connectivity index (χ1v) is 6.61. The molecule has 0 fully saturated rings. The quantitative estimate of drug-likeness (QED) is 0.869. The molecule has 1 N–H and O–H groups in total. The standard InChI is InChI=1S/C15H13Cl2FO/c1-9-2-3-10(13(16)6-9)7-15(19)12-5-4-11(18)8-14(12)17/h2-6,8,15,19H,7H2,1H3. The largest absolute Gasteiger partial charge is 0.388 e. The Balaban J connectivity index is 2.23. The summed E-state index contributed by atoms with van der Waals surface area (Å²) in [5.41, 5.74) is 2.39. The summed E-state index contributed by atoms with van der Waals surface area (Å²) in [7, 11) is 0. The van der Waals surface area contributed by atoms with Crippen LogP contribution in [0.15, 0.2) is 36.4 Å². The average Bonchev–Trinajstić information content (AvgIpc) is 2.32. The molecule has 0 heterocycles. The molecule has 0 aliphatic rings. The van der Waals surface area contributed by atoms with Gasteiger partial charge in [0.15, 0.2) is 0 Å². The van der Waals surface area contributed by atoms with Crippen molar-refractivity contribution in [3.05, 3.63) is 69.0 Å². The number of benzene rings is 2. The molecule has 0 spiro atoms. The first-order chi connectivity index (χ1) is 8.97. The smallest absolute Gasteiger partial charge is 0.124 e. The van der Waals surface area contributed by atoms with Crippen LogP contribution in [0.2, 0.25) is 10.0 Å². The van der Waals surface area contributed by atoms with Gasteiger partial charge in [-0.1, -0.05) is 41.4 Å². The van der Waals surface area contributed by atoms with Crippen molar-refractivity contribution in [2.24, 2.45) is 0 Å². The summed E-state index contributed by atoms with van der Waals surface area (Å²) < 4.78 is 13.0. The Hall–Kier alpha value is -1.09. The Bertz CT molecular complexity index is 599. The molecule has 2 rings (SSSR count). The van der Waals surface area contributed by atoms with Gasteiger partial charge in [0.05, 0.1) is 6.10 Å². The first kappa shape index (κ1) is 14.3. The number of aliphatic hydroxyl groups is 1. The predicted molar refractivity (Wildman–Crippen MR) is 76.3 cm³/mol. The second kappa shape index (κ2) is 5.91. The lowest BCUT2D eigenvalue weighted by molar-refractivity contribution is 0.178. The van der Waals surface area contributed by atoms with Crippen LogP contribution in [0.4, 0.5) is 4.39 Å². The van der Waals surface area contributed by atoms with Crippen molar-refractivity contribution in [2.75, 3.05) is 0 Å². The van der Waals surface area contributed by atoms with Crippen LogP contribution in [-0.2, 0) is 6.42 Å². The highest BCUT2D eigenvalue weighted by Crippen LogP contribution is 2.29. The van der Waals surface area contributed by atoms with Crippen LogP contribution in [0, 0.1) is 12.7 Å². The molecule has 4 heteroatoms. The van der Waals surface area contributed by atoms with E-state index in [1.54, 1.807) is 0 Å². The normalized spacial score (nSPS) is 12.5. The number of hydrogen-bond donors (Lipinski definition) is 1. The molecule has 0 aliphatic heterocycles. The summed E-state index contributed by atoms with van der Waals surface area (Å²) in [4.78, 5) is 0. The summed E-state index contributed by atoms with van der Waals surface area (Å²) in [6.07, 6.45) is -0.474. The highest BCUT2D eigenvalue weighted by Gasteiger charge is 2.14.